The first-order chi connectivity index (χ1) is 13.9. The molecule has 0 amide bonds. The summed E-state index contributed by atoms with van der Waals surface area (Å²) in [6.07, 6.45) is 20.7. The number of rotatable bonds is 6. The molecule has 8 unspecified atom stereocenters. The second-order valence-electron chi connectivity index (χ2n) is 10.7. The first kappa shape index (κ1) is 27.2. The molecule has 0 aromatic heterocycles. The number of hydrogen-bond donors (Lipinski definition) is 3. The molecule has 2 nitrogen and oxygen atoms in total. The molecule has 0 aromatic carbocycles. The van der Waals surface area contributed by atoms with Gasteiger partial charge in [0.1, 0.15) is 0 Å². The zero-order chi connectivity index (χ0) is 20.6. The molecule has 4 heteroatoms. The predicted octanol–water partition coefficient (Wildman–Crippen LogP) is 7.93. The Balaban J connectivity index is 0.00000171. The van der Waals surface area contributed by atoms with Crippen molar-refractivity contribution in [2.45, 2.75) is 108 Å². The second-order valence-corrected chi connectivity index (χ2v) is 13.0. The fraction of sp³-hybridized carbons (Fsp3) is 0.852. The fourth-order valence-corrected chi connectivity index (χ4v) is 10.3. The van der Waals surface area contributed by atoms with Crippen LogP contribution in [0.15, 0.2) is 11.6 Å². The molecule has 0 saturated heterocycles. The molecule has 177 valence electrons. The first-order valence-electron chi connectivity index (χ1n) is 12.0. The summed E-state index contributed by atoms with van der Waals surface area (Å²) < 4.78 is 0.511. The van der Waals surface area contributed by atoms with Crippen molar-refractivity contribution >= 4 is 41.1 Å². The smallest absolute Gasteiger partial charge is 0.309 e. The standard InChI is InChI=1S/C25H39N2SSe.2CH4/c1-24-14-11-21-19(7-6-18-4-2-3-13-25(18,21)29)20(24)8-9-22(24)23(28)10-5-17(16-27)12-15-26;;/h12,15-16,18-23,26-28H,2-11,13-14H2,1H3;2*1H4/b17-12-,26-15?,27-16?;;. The molecule has 8 atom stereocenters. The van der Waals surface area contributed by atoms with Gasteiger partial charge in [-0.2, -0.15) is 0 Å². The monoisotopic (exact) mass is 511 g/mol. The van der Waals surface area contributed by atoms with E-state index in [1.165, 1.54) is 76.6 Å². The Morgan fingerprint density at radius 3 is 2.52 bits per heavy atom. The van der Waals surface area contributed by atoms with Crippen LogP contribution in [-0.4, -0.2) is 33.7 Å². The van der Waals surface area contributed by atoms with Crippen molar-refractivity contribution in [1.82, 2.24) is 0 Å². The van der Waals surface area contributed by atoms with Gasteiger partial charge in [0, 0.05) is 0 Å². The molecule has 0 aromatic rings. The number of fused-ring (bicyclic) bond motifs is 5. The third-order valence-electron chi connectivity index (χ3n) is 9.72. The number of thiol groups is 1. The van der Waals surface area contributed by atoms with Gasteiger partial charge in [-0.25, -0.2) is 0 Å². The Hall–Kier alpha value is -0.0505. The van der Waals surface area contributed by atoms with Gasteiger partial charge in [-0.3, -0.25) is 0 Å². The van der Waals surface area contributed by atoms with Gasteiger partial charge >= 0.3 is 187 Å². The Labute approximate surface area is 206 Å². The average Bonchev–Trinajstić information content (AvgIpc) is 3.07. The van der Waals surface area contributed by atoms with Crippen molar-refractivity contribution in [3.63, 3.8) is 0 Å². The Morgan fingerprint density at radius 2 is 1.81 bits per heavy atom. The summed E-state index contributed by atoms with van der Waals surface area (Å²) in [6, 6.07) is 0. The van der Waals surface area contributed by atoms with Crippen LogP contribution in [0.25, 0.3) is 0 Å². The molecular weight excluding hydrogens is 463 g/mol. The van der Waals surface area contributed by atoms with Gasteiger partial charge < -0.3 is 5.41 Å². The molecule has 0 bridgehead atoms. The van der Waals surface area contributed by atoms with Gasteiger partial charge in [0.25, 0.3) is 0 Å². The Bertz CT molecular complexity index is 664. The first-order valence-corrected chi connectivity index (χ1v) is 13.4. The third kappa shape index (κ3) is 4.78. The van der Waals surface area contributed by atoms with Gasteiger partial charge in [-0.1, -0.05) is 14.9 Å². The minimum absolute atomic E-state index is 0. The summed E-state index contributed by atoms with van der Waals surface area (Å²) in [6.45, 7) is 2.61. The maximum absolute atomic E-state index is 7.57. The van der Waals surface area contributed by atoms with E-state index in [1.807, 2.05) is 0 Å². The van der Waals surface area contributed by atoms with Gasteiger partial charge in [0.05, 0.1) is 0 Å². The molecule has 4 saturated carbocycles. The van der Waals surface area contributed by atoms with Crippen LogP contribution in [-0.2, 0) is 0 Å². The molecule has 4 fully saturated rings. The molecule has 2 N–H and O–H groups in total. The maximum atomic E-state index is 7.57. The summed E-state index contributed by atoms with van der Waals surface area (Å²) in [5.41, 5.74) is 1.42. The van der Waals surface area contributed by atoms with E-state index in [1.54, 1.807) is 6.08 Å². The van der Waals surface area contributed by atoms with Crippen molar-refractivity contribution < 1.29 is 0 Å². The molecule has 4 rings (SSSR count). The van der Waals surface area contributed by atoms with Crippen LogP contribution in [0.2, 0.25) is 4.31 Å². The van der Waals surface area contributed by atoms with Crippen LogP contribution >= 0.6 is 12.6 Å². The van der Waals surface area contributed by atoms with E-state index in [9.17, 15) is 0 Å². The molecule has 0 aliphatic heterocycles. The van der Waals surface area contributed by atoms with Gasteiger partial charge in [0.15, 0.2) is 0 Å². The zero-order valence-electron chi connectivity index (χ0n) is 18.0. The molecule has 0 spiro atoms. The summed E-state index contributed by atoms with van der Waals surface area (Å²) >= 11 is 8.93. The van der Waals surface area contributed by atoms with Crippen molar-refractivity contribution in [3.8, 4) is 0 Å². The number of allylic oxidation sites excluding steroid dienone is 2. The fourth-order valence-electron chi connectivity index (χ4n) is 8.31. The van der Waals surface area contributed by atoms with Gasteiger partial charge in [0.2, 0.25) is 0 Å². The molecule has 31 heavy (non-hydrogen) atoms. The number of hydrogen-bond acceptors (Lipinski definition) is 3. The van der Waals surface area contributed by atoms with Crippen LogP contribution in [0, 0.1) is 45.8 Å². The molecular formula is C27H47N2SSe. The van der Waals surface area contributed by atoms with E-state index in [4.69, 9.17) is 23.4 Å². The summed E-state index contributed by atoms with van der Waals surface area (Å²) in [5.74, 6) is 4.43. The van der Waals surface area contributed by atoms with E-state index < -0.39 is 0 Å². The molecule has 0 heterocycles. The summed E-state index contributed by atoms with van der Waals surface area (Å²) in [5, 5.41) is 15.3. The van der Waals surface area contributed by atoms with Crippen molar-refractivity contribution in [2.75, 3.05) is 0 Å². The van der Waals surface area contributed by atoms with E-state index >= 15 is 0 Å². The minimum atomic E-state index is 0. The normalized spacial score (nSPS) is 42.7. The Morgan fingerprint density at radius 1 is 1.03 bits per heavy atom. The topological polar surface area (TPSA) is 47.7 Å². The van der Waals surface area contributed by atoms with Crippen LogP contribution in [0.1, 0.15) is 98.8 Å². The van der Waals surface area contributed by atoms with Crippen molar-refractivity contribution in [3.05, 3.63) is 11.6 Å². The number of nitrogens with one attached hydrogen (secondary N) is 2. The van der Waals surface area contributed by atoms with E-state index in [0.29, 0.717) is 20.9 Å². The minimum Gasteiger partial charge on any atom is -0.309 e. The molecule has 4 aliphatic carbocycles. The Kier molecular flexibility index (Phi) is 9.58. The van der Waals surface area contributed by atoms with E-state index in [0.717, 1.165) is 42.1 Å². The summed E-state index contributed by atoms with van der Waals surface area (Å²) in [7, 11) is 0. The van der Waals surface area contributed by atoms with Crippen molar-refractivity contribution in [1.29, 1.82) is 10.8 Å². The van der Waals surface area contributed by atoms with Crippen LogP contribution in [0.4, 0.5) is 0 Å². The van der Waals surface area contributed by atoms with E-state index in [-0.39, 0.29) is 14.9 Å². The zero-order valence-corrected chi connectivity index (χ0v) is 20.6. The quantitative estimate of drug-likeness (QED) is 0.185. The second kappa shape index (κ2) is 10.9. The molecule has 1 radical (unpaired) electrons. The van der Waals surface area contributed by atoms with Crippen LogP contribution in [0.3, 0.4) is 0 Å². The van der Waals surface area contributed by atoms with Crippen molar-refractivity contribution in [2.24, 2.45) is 35.0 Å². The average molecular weight is 511 g/mol. The van der Waals surface area contributed by atoms with Crippen LogP contribution in [0.5, 0.6) is 0 Å². The summed E-state index contributed by atoms with van der Waals surface area (Å²) in [4.78, 5) is 0. The van der Waals surface area contributed by atoms with Gasteiger partial charge in [-0.05, 0) is 0 Å². The van der Waals surface area contributed by atoms with Gasteiger partial charge in [-0.15, -0.1) is 0 Å². The molecule has 4 aliphatic rings. The SMILES string of the molecule is C.C.CC12CCC3C(CCC4CCCCC43[Se])C1CCC2C(S)CC/C(C=N)=C/C=N. The van der Waals surface area contributed by atoms with Crippen LogP contribution < -0.4 is 0 Å². The van der Waals surface area contributed by atoms with E-state index in [2.05, 4.69) is 22.9 Å². The third-order valence-corrected chi connectivity index (χ3v) is 12.1. The predicted molar refractivity (Wildman–Crippen MR) is 141 cm³/mol.